The number of ether oxygens (including phenoxy) is 1. The zero-order valence-corrected chi connectivity index (χ0v) is 16.9. The van der Waals surface area contributed by atoms with Gasteiger partial charge < -0.3 is 9.84 Å². The Balaban J connectivity index is 1.54. The van der Waals surface area contributed by atoms with E-state index in [0.717, 1.165) is 49.5 Å². The van der Waals surface area contributed by atoms with Crippen LogP contribution < -0.4 is 4.74 Å². The minimum Gasteiger partial charge on any atom is -0.507 e. The average Bonchev–Trinajstić information content (AvgIpc) is 2.83. The minimum absolute atomic E-state index is 0.0196. The average molecular weight is 419 g/mol. The van der Waals surface area contributed by atoms with Crippen molar-refractivity contribution in [2.75, 3.05) is 0 Å². The highest BCUT2D eigenvalue weighted by molar-refractivity contribution is 6.06. The number of aromatic hydroxyl groups is 1. The van der Waals surface area contributed by atoms with E-state index in [9.17, 15) is 15.2 Å². The molecule has 5 aromatic carbocycles. The van der Waals surface area contributed by atoms with E-state index in [1.165, 1.54) is 12.1 Å². The fourth-order valence-electron chi connectivity index (χ4n) is 4.64. The molecule has 0 saturated carbocycles. The van der Waals surface area contributed by atoms with E-state index in [1.54, 1.807) is 12.1 Å². The van der Waals surface area contributed by atoms with Crippen LogP contribution in [0.1, 0.15) is 5.56 Å². The molecule has 154 valence electrons. The summed E-state index contributed by atoms with van der Waals surface area (Å²) in [5.41, 5.74) is 4.60. The van der Waals surface area contributed by atoms with Gasteiger partial charge in [0.25, 0.3) is 5.69 Å². The van der Waals surface area contributed by atoms with Crippen LogP contribution in [0.4, 0.5) is 5.69 Å². The number of nitro benzene ring substituents is 1. The van der Waals surface area contributed by atoms with Crippen LogP contribution in [0.15, 0.2) is 84.9 Å². The van der Waals surface area contributed by atoms with E-state index < -0.39 is 4.92 Å². The van der Waals surface area contributed by atoms with Crippen molar-refractivity contribution in [2.24, 2.45) is 0 Å². The number of rotatable bonds is 2. The molecule has 0 aliphatic carbocycles. The fourth-order valence-corrected chi connectivity index (χ4v) is 4.64. The maximum atomic E-state index is 11.1. The fraction of sp³-hybridized carbons (Fsp3) is 0.0370. The van der Waals surface area contributed by atoms with Gasteiger partial charge in [0.15, 0.2) is 0 Å². The van der Waals surface area contributed by atoms with Gasteiger partial charge in [-0.15, -0.1) is 0 Å². The Morgan fingerprint density at radius 3 is 2.34 bits per heavy atom. The molecule has 32 heavy (non-hydrogen) atoms. The molecule has 5 aromatic rings. The highest BCUT2D eigenvalue weighted by Gasteiger charge is 2.23. The summed E-state index contributed by atoms with van der Waals surface area (Å²) in [6.45, 7) is 0.425. The minimum atomic E-state index is -0.433. The van der Waals surface area contributed by atoms with Gasteiger partial charge in [-0.3, -0.25) is 10.1 Å². The van der Waals surface area contributed by atoms with Gasteiger partial charge in [-0.25, -0.2) is 0 Å². The van der Waals surface area contributed by atoms with Crippen molar-refractivity contribution in [3.8, 4) is 33.8 Å². The van der Waals surface area contributed by atoms with Gasteiger partial charge in [0, 0.05) is 34.2 Å². The van der Waals surface area contributed by atoms with Crippen molar-refractivity contribution in [2.45, 2.75) is 6.61 Å². The number of non-ortho nitro benzene ring substituents is 1. The first-order chi connectivity index (χ1) is 15.6. The van der Waals surface area contributed by atoms with Crippen molar-refractivity contribution in [1.29, 1.82) is 0 Å². The molecule has 0 saturated heterocycles. The van der Waals surface area contributed by atoms with E-state index in [2.05, 4.69) is 18.2 Å². The Morgan fingerprint density at radius 1 is 0.781 bits per heavy atom. The second-order valence-corrected chi connectivity index (χ2v) is 7.90. The van der Waals surface area contributed by atoms with Crippen LogP contribution in [0, 0.1) is 10.1 Å². The highest BCUT2D eigenvalue weighted by Crippen LogP contribution is 2.46. The van der Waals surface area contributed by atoms with E-state index in [4.69, 9.17) is 4.74 Å². The van der Waals surface area contributed by atoms with E-state index in [-0.39, 0.29) is 11.4 Å². The lowest BCUT2D eigenvalue weighted by atomic mass is 9.88. The summed E-state index contributed by atoms with van der Waals surface area (Å²) in [5.74, 6) is 1.02. The van der Waals surface area contributed by atoms with Gasteiger partial charge in [0.1, 0.15) is 18.1 Å². The lowest BCUT2D eigenvalue weighted by Gasteiger charge is -2.24. The number of benzene rings is 5. The number of hydrogen-bond acceptors (Lipinski definition) is 4. The zero-order chi connectivity index (χ0) is 21.8. The van der Waals surface area contributed by atoms with Crippen LogP contribution in [0.5, 0.6) is 11.5 Å². The number of phenolic OH excluding ortho intramolecular Hbond substituents is 1. The molecule has 1 aliphatic rings. The second-order valence-electron chi connectivity index (χ2n) is 7.90. The number of nitro groups is 1. The predicted octanol–water partition coefficient (Wildman–Crippen LogP) is 6.83. The third-order valence-corrected chi connectivity index (χ3v) is 6.21. The van der Waals surface area contributed by atoms with Crippen molar-refractivity contribution >= 4 is 27.2 Å². The molecule has 5 nitrogen and oxygen atoms in total. The van der Waals surface area contributed by atoms with Crippen molar-refractivity contribution in [1.82, 2.24) is 0 Å². The van der Waals surface area contributed by atoms with Crippen LogP contribution >= 0.6 is 0 Å². The van der Waals surface area contributed by atoms with Crippen molar-refractivity contribution < 1.29 is 14.8 Å². The first kappa shape index (κ1) is 18.4. The topological polar surface area (TPSA) is 72.6 Å². The monoisotopic (exact) mass is 419 g/mol. The summed E-state index contributed by atoms with van der Waals surface area (Å²) in [5, 5.41) is 26.0. The molecule has 0 spiro atoms. The van der Waals surface area contributed by atoms with Crippen LogP contribution in [0.25, 0.3) is 43.8 Å². The van der Waals surface area contributed by atoms with Crippen LogP contribution in [0.2, 0.25) is 0 Å². The molecular weight excluding hydrogens is 402 g/mol. The summed E-state index contributed by atoms with van der Waals surface area (Å²) in [6, 6.07) is 26.4. The highest BCUT2D eigenvalue weighted by atomic mass is 16.6. The van der Waals surface area contributed by atoms with Gasteiger partial charge in [0.05, 0.1) is 4.92 Å². The van der Waals surface area contributed by atoms with Crippen LogP contribution in [-0.4, -0.2) is 10.0 Å². The number of nitrogens with zero attached hydrogens (tertiary/aromatic N) is 1. The summed E-state index contributed by atoms with van der Waals surface area (Å²) in [4.78, 5) is 10.5. The normalized spacial score (nSPS) is 12.2. The third kappa shape index (κ3) is 2.65. The molecule has 0 fully saturated rings. The number of phenols is 1. The summed E-state index contributed by atoms with van der Waals surface area (Å²) in [6.07, 6.45) is 0. The first-order valence-electron chi connectivity index (χ1n) is 10.3. The first-order valence-corrected chi connectivity index (χ1v) is 10.3. The lowest BCUT2D eigenvalue weighted by molar-refractivity contribution is -0.384. The quantitative estimate of drug-likeness (QED) is 0.251. The molecule has 0 radical (unpaired) electrons. The van der Waals surface area contributed by atoms with Crippen molar-refractivity contribution in [3.05, 3.63) is 101 Å². The summed E-state index contributed by atoms with van der Waals surface area (Å²) in [7, 11) is 0. The summed E-state index contributed by atoms with van der Waals surface area (Å²) >= 11 is 0. The Bertz CT molecular complexity index is 1550. The van der Waals surface area contributed by atoms with Gasteiger partial charge in [-0.1, -0.05) is 48.5 Å². The molecule has 1 heterocycles. The molecule has 1 aliphatic heterocycles. The van der Waals surface area contributed by atoms with Crippen LogP contribution in [0.3, 0.4) is 0 Å². The molecule has 0 aromatic heterocycles. The van der Waals surface area contributed by atoms with Gasteiger partial charge in [0.2, 0.25) is 0 Å². The largest absolute Gasteiger partial charge is 0.507 e. The number of fused-ring (bicyclic) bond motifs is 7. The van der Waals surface area contributed by atoms with Gasteiger partial charge >= 0.3 is 0 Å². The molecule has 0 unspecified atom stereocenters. The molecular formula is C27H17NO4. The molecule has 0 atom stereocenters. The maximum absolute atomic E-state index is 11.1. The molecule has 6 rings (SSSR count). The summed E-state index contributed by atoms with van der Waals surface area (Å²) < 4.78 is 6.11. The lowest BCUT2D eigenvalue weighted by Crippen LogP contribution is -2.06. The van der Waals surface area contributed by atoms with E-state index >= 15 is 0 Å². The van der Waals surface area contributed by atoms with Gasteiger partial charge in [-0.2, -0.15) is 0 Å². The molecule has 5 heteroatoms. The maximum Gasteiger partial charge on any atom is 0.269 e. The third-order valence-electron chi connectivity index (χ3n) is 6.21. The van der Waals surface area contributed by atoms with E-state index in [0.29, 0.717) is 12.2 Å². The van der Waals surface area contributed by atoms with E-state index in [1.807, 2.05) is 42.5 Å². The number of hydrogen-bond donors (Lipinski definition) is 1. The smallest absolute Gasteiger partial charge is 0.269 e. The van der Waals surface area contributed by atoms with Crippen LogP contribution in [-0.2, 0) is 6.61 Å². The Morgan fingerprint density at radius 2 is 1.53 bits per heavy atom. The molecule has 1 N–H and O–H groups in total. The standard InChI is InChI=1S/C27H17NO4/c29-27-20(17-5-8-18(9-6-17)28(30)31)10-11-21-23(27)13-12-22-24(21)15-32-25-14-7-16-3-1-2-4-19(16)26(22)25/h1-14,29H,15H2. The Kier molecular flexibility index (Phi) is 3.92. The Hall–Kier alpha value is -4.38. The van der Waals surface area contributed by atoms with Gasteiger partial charge in [-0.05, 0) is 51.6 Å². The predicted molar refractivity (Wildman–Crippen MR) is 125 cm³/mol. The molecule has 0 bridgehead atoms. The van der Waals surface area contributed by atoms with Crippen molar-refractivity contribution in [3.63, 3.8) is 0 Å². The zero-order valence-electron chi connectivity index (χ0n) is 16.9. The SMILES string of the molecule is O=[N+]([O-])c1ccc(-c2ccc3c4c(ccc3c2O)-c2c(ccc3ccccc23)OC4)cc1. The Labute approximate surface area is 183 Å². The molecule has 0 amide bonds. The second kappa shape index (κ2) is 6.82.